The van der Waals surface area contributed by atoms with Crippen LogP contribution in [0.2, 0.25) is 5.02 Å². The van der Waals surface area contributed by atoms with Gasteiger partial charge < -0.3 is 10.6 Å². The molecule has 1 amide bonds. The summed E-state index contributed by atoms with van der Waals surface area (Å²) in [5, 5.41) is 6.59. The monoisotopic (exact) mass is 352 g/mol. The van der Waals surface area contributed by atoms with Crippen molar-refractivity contribution in [3.8, 4) is 0 Å². The minimum absolute atomic E-state index is 0.252. The van der Waals surface area contributed by atoms with Gasteiger partial charge in [0.1, 0.15) is 11.5 Å². The number of aryl methyl sites for hydroxylation is 1. The molecule has 3 rings (SSSR count). The lowest BCUT2D eigenvalue weighted by Crippen LogP contribution is -2.15. The first-order valence-electron chi connectivity index (χ1n) is 7.89. The van der Waals surface area contributed by atoms with Gasteiger partial charge in [-0.2, -0.15) is 0 Å². The SMILES string of the molecule is CCc1ccccc1NC(=O)c1cnc(Nc2cccc(Cl)c2)cn1. The maximum absolute atomic E-state index is 12.3. The summed E-state index contributed by atoms with van der Waals surface area (Å²) in [5.41, 5.74) is 2.92. The van der Waals surface area contributed by atoms with Gasteiger partial charge in [0, 0.05) is 16.4 Å². The van der Waals surface area contributed by atoms with Crippen LogP contribution in [0.15, 0.2) is 60.9 Å². The van der Waals surface area contributed by atoms with Crippen LogP contribution >= 0.6 is 11.6 Å². The number of halogens is 1. The largest absolute Gasteiger partial charge is 0.339 e. The normalized spacial score (nSPS) is 10.3. The van der Waals surface area contributed by atoms with Crippen molar-refractivity contribution in [3.63, 3.8) is 0 Å². The standard InChI is InChI=1S/C19H17ClN4O/c1-2-13-6-3-4-9-16(13)24-19(25)17-11-22-18(12-21-17)23-15-8-5-7-14(20)10-15/h3-12H,2H2,1H3,(H,22,23)(H,24,25). The topological polar surface area (TPSA) is 66.9 Å². The average Bonchev–Trinajstić information content (AvgIpc) is 2.63. The van der Waals surface area contributed by atoms with Crippen molar-refractivity contribution in [2.24, 2.45) is 0 Å². The van der Waals surface area contributed by atoms with Crippen molar-refractivity contribution in [3.05, 3.63) is 77.2 Å². The van der Waals surface area contributed by atoms with Crippen LogP contribution < -0.4 is 10.6 Å². The van der Waals surface area contributed by atoms with Crippen molar-refractivity contribution >= 4 is 34.7 Å². The molecule has 1 heterocycles. The molecule has 0 atom stereocenters. The van der Waals surface area contributed by atoms with Crippen LogP contribution in [0.25, 0.3) is 0 Å². The smallest absolute Gasteiger partial charge is 0.275 e. The number of rotatable bonds is 5. The molecule has 0 aliphatic rings. The highest BCUT2D eigenvalue weighted by Gasteiger charge is 2.10. The number of carbonyl (C=O) groups excluding carboxylic acids is 1. The van der Waals surface area contributed by atoms with Crippen molar-refractivity contribution < 1.29 is 4.79 Å². The van der Waals surface area contributed by atoms with Crippen LogP contribution in [0, 0.1) is 0 Å². The maximum Gasteiger partial charge on any atom is 0.275 e. The Morgan fingerprint density at radius 3 is 2.64 bits per heavy atom. The van der Waals surface area contributed by atoms with E-state index in [1.165, 1.54) is 12.4 Å². The lowest BCUT2D eigenvalue weighted by molar-refractivity contribution is 0.102. The first-order chi connectivity index (χ1) is 12.2. The van der Waals surface area contributed by atoms with Gasteiger partial charge in [-0.3, -0.25) is 4.79 Å². The highest BCUT2D eigenvalue weighted by Crippen LogP contribution is 2.19. The molecule has 0 saturated carbocycles. The van der Waals surface area contributed by atoms with Gasteiger partial charge in [0.2, 0.25) is 0 Å². The summed E-state index contributed by atoms with van der Waals surface area (Å²) in [6.45, 7) is 2.04. The molecular weight excluding hydrogens is 336 g/mol. The molecule has 25 heavy (non-hydrogen) atoms. The molecule has 1 aromatic heterocycles. The van der Waals surface area contributed by atoms with Crippen LogP contribution in [0.4, 0.5) is 17.2 Å². The Hall–Kier alpha value is -2.92. The van der Waals surface area contributed by atoms with Gasteiger partial charge in [-0.1, -0.05) is 42.8 Å². The van der Waals surface area contributed by atoms with Crippen molar-refractivity contribution in [2.45, 2.75) is 13.3 Å². The molecule has 0 spiro atoms. The quantitative estimate of drug-likeness (QED) is 0.699. The molecule has 0 saturated heterocycles. The van der Waals surface area contributed by atoms with Crippen LogP contribution in [0.1, 0.15) is 23.0 Å². The van der Waals surface area contributed by atoms with Crippen LogP contribution in [0.3, 0.4) is 0 Å². The summed E-state index contributed by atoms with van der Waals surface area (Å²) in [6.07, 6.45) is 3.79. The zero-order valence-electron chi connectivity index (χ0n) is 13.7. The Morgan fingerprint density at radius 2 is 1.92 bits per heavy atom. The summed E-state index contributed by atoms with van der Waals surface area (Å²) < 4.78 is 0. The molecule has 3 aromatic rings. The number of hydrogen-bond acceptors (Lipinski definition) is 4. The number of anilines is 3. The van der Waals surface area contributed by atoms with Crippen molar-refractivity contribution in [1.29, 1.82) is 0 Å². The molecule has 126 valence electrons. The van der Waals surface area contributed by atoms with Gasteiger partial charge in [0.15, 0.2) is 0 Å². The summed E-state index contributed by atoms with van der Waals surface area (Å²) in [7, 11) is 0. The Morgan fingerprint density at radius 1 is 1.08 bits per heavy atom. The van der Waals surface area contributed by atoms with E-state index in [1.807, 2.05) is 43.3 Å². The van der Waals surface area contributed by atoms with Gasteiger partial charge >= 0.3 is 0 Å². The number of amides is 1. The summed E-state index contributed by atoms with van der Waals surface area (Å²) in [5.74, 6) is 0.246. The van der Waals surface area contributed by atoms with E-state index >= 15 is 0 Å². The number of nitrogens with zero attached hydrogens (tertiary/aromatic N) is 2. The predicted molar refractivity (Wildman–Crippen MR) is 101 cm³/mol. The van der Waals surface area contributed by atoms with E-state index < -0.39 is 0 Å². The maximum atomic E-state index is 12.3. The van der Waals surface area contributed by atoms with Gasteiger partial charge in [-0.15, -0.1) is 0 Å². The van der Waals surface area contributed by atoms with Crippen LogP contribution in [0.5, 0.6) is 0 Å². The summed E-state index contributed by atoms with van der Waals surface area (Å²) in [6, 6.07) is 15.0. The molecule has 0 radical (unpaired) electrons. The Labute approximate surface area is 151 Å². The fourth-order valence-electron chi connectivity index (χ4n) is 2.36. The number of benzene rings is 2. The number of hydrogen-bond donors (Lipinski definition) is 2. The van der Waals surface area contributed by atoms with Crippen molar-refractivity contribution in [2.75, 3.05) is 10.6 Å². The van der Waals surface area contributed by atoms with E-state index in [0.29, 0.717) is 10.8 Å². The van der Waals surface area contributed by atoms with Crippen LogP contribution in [-0.4, -0.2) is 15.9 Å². The third kappa shape index (κ3) is 4.33. The van der Waals surface area contributed by atoms with E-state index in [1.54, 1.807) is 12.1 Å². The molecule has 2 aromatic carbocycles. The minimum atomic E-state index is -0.289. The third-order valence-electron chi connectivity index (χ3n) is 3.63. The first kappa shape index (κ1) is 16.9. The van der Waals surface area contributed by atoms with Gasteiger partial charge in [-0.25, -0.2) is 9.97 Å². The number of aromatic nitrogens is 2. The predicted octanol–water partition coefficient (Wildman–Crippen LogP) is 4.69. The summed E-state index contributed by atoms with van der Waals surface area (Å²) in [4.78, 5) is 20.8. The van der Waals surface area contributed by atoms with Gasteiger partial charge in [0.05, 0.1) is 12.4 Å². The van der Waals surface area contributed by atoms with E-state index in [-0.39, 0.29) is 11.6 Å². The second-order valence-electron chi connectivity index (χ2n) is 5.39. The van der Waals surface area contributed by atoms with E-state index in [0.717, 1.165) is 23.4 Å². The van der Waals surface area contributed by atoms with E-state index in [2.05, 4.69) is 20.6 Å². The molecule has 0 aliphatic carbocycles. The Kier molecular flexibility index (Phi) is 5.26. The zero-order valence-corrected chi connectivity index (χ0v) is 14.4. The highest BCUT2D eigenvalue weighted by molar-refractivity contribution is 6.30. The first-order valence-corrected chi connectivity index (χ1v) is 8.27. The lowest BCUT2D eigenvalue weighted by atomic mass is 10.1. The van der Waals surface area contributed by atoms with Crippen LogP contribution in [-0.2, 0) is 6.42 Å². The lowest BCUT2D eigenvalue weighted by Gasteiger charge is -2.09. The Balaban J connectivity index is 1.70. The molecule has 5 nitrogen and oxygen atoms in total. The molecule has 6 heteroatoms. The fraction of sp³-hybridized carbons (Fsp3) is 0.105. The van der Waals surface area contributed by atoms with Crippen molar-refractivity contribution in [1.82, 2.24) is 9.97 Å². The Bertz CT molecular complexity index is 881. The molecule has 0 bridgehead atoms. The zero-order chi connectivity index (χ0) is 17.6. The van der Waals surface area contributed by atoms with E-state index in [9.17, 15) is 4.79 Å². The number of nitrogens with one attached hydrogen (secondary N) is 2. The second kappa shape index (κ2) is 7.77. The number of para-hydroxylation sites is 1. The molecule has 0 unspecified atom stereocenters. The second-order valence-corrected chi connectivity index (χ2v) is 5.82. The summed E-state index contributed by atoms with van der Waals surface area (Å²) >= 11 is 5.95. The molecular formula is C19H17ClN4O. The third-order valence-corrected chi connectivity index (χ3v) is 3.86. The molecule has 0 fully saturated rings. The fourth-order valence-corrected chi connectivity index (χ4v) is 2.55. The van der Waals surface area contributed by atoms with Gasteiger partial charge in [0.25, 0.3) is 5.91 Å². The highest BCUT2D eigenvalue weighted by atomic mass is 35.5. The minimum Gasteiger partial charge on any atom is -0.339 e. The van der Waals surface area contributed by atoms with Gasteiger partial charge in [-0.05, 0) is 36.2 Å². The molecule has 2 N–H and O–H groups in total. The number of carbonyl (C=O) groups is 1. The average molecular weight is 353 g/mol. The molecule has 0 aliphatic heterocycles. The van der Waals surface area contributed by atoms with E-state index in [4.69, 9.17) is 11.6 Å².